The van der Waals surface area contributed by atoms with Crippen molar-refractivity contribution in [1.82, 2.24) is 15.2 Å². The van der Waals surface area contributed by atoms with Gasteiger partial charge in [0.15, 0.2) is 5.54 Å². The number of pyridine rings is 1. The number of hydrogen-bond donors (Lipinski definition) is 1. The molecule has 0 aliphatic carbocycles. The van der Waals surface area contributed by atoms with Crippen LogP contribution in [0.1, 0.15) is 21.5 Å². The molecule has 1 aromatic carbocycles. The van der Waals surface area contributed by atoms with Crippen LogP contribution < -0.4 is 10.1 Å². The molecule has 3 rings (SSSR count). The number of methoxy groups -OCH3 is 3. The highest BCUT2D eigenvalue weighted by Gasteiger charge is 2.47. The molecule has 1 aliphatic rings. The Morgan fingerprint density at radius 3 is 2.63 bits per heavy atom. The Morgan fingerprint density at radius 1 is 1.20 bits per heavy atom. The fourth-order valence-electron chi connectivity index (χ4n) is 3.53. The molecular weight excluding hydrogens is 390 g/mol. The number of amides is 2. The van der Waals surface area contributed by atoms with Crippen LogP contribution in [0.4, 0.5) is 4.79 Å². The molecule has 2 aromatic rings. The van der Waals surface area contributed by atoms with Crippen LogP contribution in [0, 0.1) is 0 Å². The van der Waals surface area contributed by atoms with Crippen LogP contribution in [-0.4, -0.2) is 62.3 Å². The van der Waals surface area contributed by atoms with Gasteiger partial charge in [-0.05, 0) is 36.2 Å². The lowest BCUT2D eigenvalue weighted by Crippen LogP contribution is -2.60. The first-order valence-corrected chi connectivity index (χ1v) is 9.26. The highest BCUT2D eigenvalue weighted by Crippen LogP contribution is 2.29. The van der Waals surface area contributed by atoms with Crippen molar-refractivity contribution in [2.75, 3.05) is 34.4 Å². The van der Waals surface area contributed by atoms with E-state index in [1.165, 1.54) is 25.3 Å². The molecule has 0 radical (unpaired) electrons. The van der Waals surface area contributed by atoms with Crippen LogP contribution in [0.2, 0.25) is 0 Å². The van der Waals surface area contributed by atoms with Crippen LogP contribution in [0.5, 0.6) is 5.75 Å². The van der Waals surface area contributed by atoms with Gasteiger partial charge in [-0.15, -0.1) is 0 Å². The van der Waals surface area contributed by atoms with E-state index in [9.17, 15) is 14.4 Å². The summed E-state index contributed by atoms with van der Waals surface area (Å²) in [7, 11) is 3.97. The van der Waals surface area contributed by atoms with Gasteiger partial charge in [-0.25, -0.2) is 9.59 Å². The number of fused-ring (bicyclic) bond motifs is 1. The molecule has 0 fully saturated rings. The number of carbonyl (C=O) groups is 3. The fourth-order valence-corrected chi connectivity index (χ4v) is 3.53. The van der Waals surface area contributed by atoms with E-state index in [2.05, 4.69) is 10.3 Å². The summed E-state index contributed by atoms with van der Waals surface area (Å²) in [6, 6.07) is 8.49. The Balaban J connectivity index is 2.01. The second kappa shape index (κ2) is 8.81. The molecule has 0 saturated carbocycles. The summed E-state index contributed by atoms with van der Waals surface area (Å²) in [5, 5.41) is 2.57. The number of ether oxygens (including phenoxy) is 3. The molecule has 2 heterocycles. The summed E-state index contributed by atoms with van der Waals surface area (Å²) in [5.74, 6) is -0.335. The molecule has 9 nitrogen and oxygen atoms in total. The number of benzene rings is 1. The lowest BCUT2D eigenvalue weighted by Gasteiger charge is -2.38. The topological polar surface area (TPSA) is 107 Å². The number of rotatable bonds is 6. The number of carbonyl (C=O) groups excluding carboxylic acids is 3. The van der Waals surface area contributed by atoms with E-state index < -0.39 is 17.6 Å². The van der Waals surface area contributed by atoms with Crippen molar-refractivity contribution in [3.05, 3.63) is 59.4 Å². The summed E-state index contributed by atoms with van der Waals surface area (Å²) in [5.41, 5.74) is 0.0673. The fraction of sp³-hybridized carbons (Fsp3) is 0.333. The van der Waals surface area contributed by atoms with Gasteiger partial charge < -0.3 is 19.1 Å². The predicted molar refractivity (Wildman–Crippen MR) is 106 cm³/mol. The molecule has 0 saturated heterocycles. The number of aromatic nitrogens is 1. The summed E-state index contributed by atoms with van der Waals surface area (Å²) in [6.45, 7) is 0.200. The average Bonchev–Trinajstić information content (AvgIpc) is 2.79. The number of alkyl carbamates (subject to hydrolysis) is 1. The van der Waals surface area contributed by atoms with Gasteiger partial charge in [0.25, 0.3) is 5.91 Å². The monoisotopic (exact) mass is 413 g/mol. The zero-order chi connectivity index (χ0) is 21.7. The van der Waals surface area contributed by atoms with Crippen molar-refractivity contribution >= 4 is 18.0 Å². The van der Waals surface area contributed by atoms with E-state index >= 15 is 0 Å². The second-order valence-corrected chi connectivity index (χ2v) is 6.75. The van der Waals surface area contributed by atoms with E-state index in [-0.39, 0.29) is 12.5 Å². The molecular formula is C21H23N3O6. The minimum absolute atomic E-state index is 0.148. The van der Waals surface area contributed by atoms with Crippen LogP contribution in [0.3, 0.4) is 0 Å². The van der Waals surface area contributed by atoms with Crippen LogP contribution in [-0.2, 0) is 26.2 Å². The number of nitrogens with zero attached hydrogens (tertiary/aromatic N) is 2. The Bertz CT molecular complexity index is 949. The summed E-state index contributed by atoms with van der Waals surface area (Å²) in [6.07, 6.45) is 2.72. The van der Waals surface area contributed by atoms with E-state index in [4.69, 9.17) is 14.2 Å². The van der Waals surface area contributed by atoms with E-state index in [1.807, 2.05) is 6.07 Å². The molecule has 2 amide bonds. The van der Waals surface area contributed by atoms with Crippen molar-refractivity contribution in [3.63, 3.8) is 0 Å². The van der Waals surface area contributed by atoms with Crippen LogP contribution in [0.25, 0.3) is 0 Å². The Labute approximate surface area is 173 Å². The maximum Gasteiger partial charge on any atom is 0.408 e. The van der Waals surface area contributed by atoms with Crippen molar-refractivity contribution in [3.8, 4) is 5.75 Å². The molecule has 1 N–H and O–H groups in total. The van der Waals surface area contributed by atoms with Gasteiger partial charge in [0.05, 0.1) is 27.9 Å². The van der Waals surface area contributed by atoms with Gasteiger partial charge in [-0.2, -0.15) is 0 Å². The minimum Gasteiger partial charge on any atom is -0.497 e. The van der Waals surface area contributed by atoms with Crippen molar-refractivity contribution < 1.29 is 28.6 Å². The third-order valence-corrected chi connectivity index (χ3v) is 5.10. The molecule has 30 heavy (non-hydrogen) atoms. The molecule has 1 aliphatic heterocycles. The van der Waals surface area contributed by atoms with Crippen molar-refractivity contribution in [2.45, 2.75) is 12.0 Å². The first-order chi connectivity index (χ1) is 14.4. The van der Waals surface area contributed by atoms with E-state index in [0.29, 0.717) is 29.8 Å². The third-order valence-electron chi connectivity index (χ3n) is 5.10. The first kappa shape index (κ1) is 21.1. The van der Waals surface area contributed by atoms with Gasteiger partial charge >= 0.3 is 12.1 Å². The zero-order valence-corrected chi connectivity index (χ0v) is 17.0. The number of esters is 1. The highest BCUT2D eigenvalue weighted by molar-refractivity contribution is 5.98. The smallest absolute Gasteiger partial charge is 0.408 e. The quantitative estimate of drug-likeness (QED) is 0.716. The largest absolute Gasteiger partial charge is 0.497 e. The summed E-state index contributed by atoms with van der Waals surface area (Å²) >= 11 is 0. The molecule has 1 aromatic heterocycles. The molecule has 1 atom stereocenters. The Kier molecular flexibility index (Phi) is 6.20. The van der Waals surface area contributed by atoms with E-state index in [1.54, 1.807) is 37.6 Å². The lowest BCUT2D eigenvalue weighted by atomic mass is 9.88. The molecule has 0 bridgehead atoms. The maximum absolute atomic E-state index is 13.2. The Hall–Kier alpha value is -3.62. The normalized spacial score (nSPS) is 14.9. The number of nitrogens with one attached hydrogen (secondary N) is 1. The summed E-state index contributed by atoms with van der Waals surface area (Å²) in [4.78, 5) is 43.8. The van der Waals surface area contributed by atoms with Crippen molar-refractivity contribution in [1.29, 1.82) is 0 Å². The molecule has 1 unspecified atom stereocenters. The molecule has 158 valence electrons. The van der Waals surface area contributed by atoms with Gasteiger partial charge in [-0.3, -0.25) is 15.1 Å². The minimum atomic E-state index is -1.68. The summed E-state index contributed by atoms with van der Waals surface area (Å²) < 4.78 is 15.0. The highest BCUT2D eigenvalue weighted by atomic mass is 16.5. The molecule has 0 spiro atoms. The van der Waals surface area contributed by atoms with Crippen LogP contribution >= 0.6 is 0 Å². The SMILES string of the molecule is COC(=O)NC(CN1CCc2cc(OC)ccc2C1=O)(C(=O)OC)c1cccnc1. The third kappa shape index (κ3) is 3.91. The van der Waals surface area contributed by atoms with E-state index in [0.717, 1.165) is 5.56 Å². The zero-order valence-electron chi connectivity index (χ0n) is 17.0. The Morgan fingerprint density at radius 2 is 2.00 bits per heavy atom. The second-order valence-electron chi connectivity index (χ2n) is 6.75. The van der Waals surface area contributed by atoms with Gasteiger partial charge in [0.1, 0.15) is 5.75 Å². The standard InChI is InChI=1S/C21H23N3O6/c1-28-16-6-7-17-14(11-16)8-10-24(18(17)25)13-21(19(26)29-2,23-20(27)30-3)15-5-4-9-22-12-15/h4-7,9,11-12H,8,10,13H2,1-3H3,(H,23,27). The number of hydrogen-bond acceptors (Lipinski definition) is 7. The molecule has 9 heteroatoms. The van der Waals surface area contributed by atoms with Gasteiger partial charge in [0, 0.05) is 30.1 Å². The average molecular weight is 413 g/mol. The lowest BCUT2D eigenvalue weighted by molar-refractivity contribution is -0.149. The van der Waals surface area contributed by atoms with Gasteiger partial charge in [-0.1, -0.05) is 6.07 Å². The first-order valence-electron chi connectivity index (χ1n) is 9.26. The predicted octanol–water partition coefficient (Wildman–Crippen LogP) is 1.51. The maximum atomic E-state index is 13.2. The van der Waals surface area contributed by atoms with Crippen LogP contribution in [0.15, 0.2) is 42.7 Å². The van der Waals surface area contributed by atoms with Gasteiger partial charge in [0.2, 0.25) is 0 Å². The van der Waals surface area contributed by atoms with Crippen molar-refractivity contribution in [2.24, 2.45) is 0 Å².